The molecule has 1 saturated heterocycles. The summed E-state index contributed by atoms with van der Waals surface area (Å²) >= 11 is 1.21. The lowest BCUT2D eigenvalue weighted by Gasteiger charge is -2.16. The predicted octanol–water partition coefficient (Wildman–Crippen LogP) is 5.09. The molecule has 9 heteroatoms. The first-order chi connectivity index (χ1) is 15.8. The van der Waals surface area contributed by atoms with Gasteiger partial charge in [-0.15, -0.1) is 0 Å². The number of ether oxygens (including phenoxy) is 1. The molecule has 2 aromatic rings. The Balaban J connectivity index is 1.74. The molecule has 0 bridgehead atoms. The van der Waals surface area contributed by atoms with Crippen LogP contribution in [0.1, 0.15) is 38.2 Å². The number of nitrogens with one attached hydrogen (secondary N) is 1. The average Bonchev–Trinajstić information content (AvgIpc) is 3.05. The molecular weight excluding hydrogens is 448 g/mol. The van der Waals surface area contributed by atoms with E-state index in [2.05, 4.69) is 24.2 Å². The lowest BCUT2D eigenvalue weighted by molar-refractivity contribution is -0.128. The monoisotopic (exact) mass is 475 g/mol. The summed E-state index contributed by atoms with van der Waals surface area (Å²) in [5.41, 5.74) is 1.77. The summed E-state index contributed by atoms with van der Waals surface area (Å²) in [6.07, 6.45) is 0.459. The molecule has 0 radical (unpaired) electrons. The van der Waals surface area contributed by atoms with Crippen LogP contribution in [0.2, 0.25) is 0 Å². The third-order valence-electron chi connectivity index (χ3n) is 5.11. The van der Waals surface area contributed by atoms with Gasteiger partial charge in [-0.25, -0.2) is 13.8 Å². The molecule has 1 aliphatic heterocycles. The number of carbonyl (C=O) groups excluding carboxylic acids is 2. The van der Waals surface area contributed by atoms with Crippen LogP contribution in [0, 0.1) is 11.6 Å². The normalized spacial score (nSPS) is 17.3. The van der Waals surface area contributed by atoms with E-state index < -0.39 is 22.8 Å². The SMILES string of the molecule is COCCCN1C(=O)C(CC(=O)Nc2ccc(F)cc2F)SC1=Nc1ccc(C(C)C)cc1. The fraction of sp³-hybridized carbons (Fsp3) is 0.375. The highest BCUT2D eigenvalue weighted by atomic mass is 32.2. The molecule has 6 nitrogen and oxygen atoms in total. The van der Waals surface area contributed by atoms with E-state index in [0.29, 0.717) is 42.4 Å². The van der Waals surface area contributed by atoms with E-state index in [0.717, 1.165) is 12.1 Å². The minimum atomic E-state index is -0.873. The summed E-state index contributed by atoms with van der Waals surface area (Å²) < 4.78 is 32.0. The number of hydrogen-bond donors (Lipinski definition) is 1. The van der Waals surface area contributed by atoms with Gasteiger partial charge in [-0.2, -0.15) is 0 Å². The molecule has 1 aliphatic rings. The Morgan fingerprint density at radius 1 is 1.21 bits per heavy atom. The van der Waals surface area contributed by atoms with Crippen LogP contribution in [0.25, 0.3) is 0 Å². The number of aliphatic imine (C=N–C) groups is 1. The van der Waals surface area contributed by atoms with Gasteiger partial charge in [-0.1, -0.05) is 37.7 Å². The minimum absolute atomic E-state index is 0.132. The zero-order chi connectivity index (χ0) is 24.0. The molecule has 0 aromatic heterocycles. The van der Waals surface area contributed by atoms with Crippen LogP contribution < -0.4 is 5.32 Å². The number of methoxy groups -OCH3 is 1. The first-order valence-electron chi connectivity index (χ1n) is 10.7. The zero-order valence-corrected chi connectivity index (χ0v) is 19.6. The molecule has 0 saturated carbocycles. The number of halogens is 2. The summed E-state index contributed by atoms with van der Waals surface area (Å²) in [4.78, 5) is 31.7. The molecule has 0 aliphatic carbocycles. The lowest BCUT2D eigenvalue weighted by atomic mass is 10.0. The number of hydrogen-bond acceptors (Lipinski definition) is 5. The topological polar surface area (TPSA) is 71.0 Å². The van der Waals surface area contributed by atoms with E-state index in [1.165, 1.54) is 17.3 Å². The number of anilines is 1. The average molecular weight is 476 g/mol. The van der Waals surface area contributed by atoms with Crippen LogP contribution in [0.4, 0.5) is 20.2 Å². The third kappa shape index (κ3) is 6.61. The molecular formula is C24H27F2N3O3S. The van der Waals surface area contributed by atoms with Crippen molar-refractivity contribution in [2.45, 2.75) is 37.9 Å². The maximum atomic E-state index is 13.9. The van der Waals surface area contributed by atoms with Crippen LogP contribution in [0.15, 0.2) is 47.5 Å². The molecule has 2 amide bonds. The Hall–Kier alpha value is -2.78. The van der Waals surface area contributed by atoms with Crippen molar-refractivity contribution in [1.82, 2.24) is 4.90 Å². The van der Waals surface area contributed by atoms with E-state index in [1.54, 1.807) is 12.0 Å². The van der Waals surface area contributed by atoms with Crippen molar-refractivity contribution in [2.24, 2.45) is 4.99 Å². The molecule has 176 valence electrons. The van der Waals surface area contributed by atoms with Crippen LogP contribution >= 0.6 is 11.8 Å². The van der Waals surface area contributed by atoms with E-state index in [9.17, 15) is 18.4 Å². The number of nitrogens with zero attached hydrogens (tertiary/aromatic N) is 2. The Morgan fingerprint density at radius 2 is 1.94 bits per heavy atom. The first kappa shape index (κ1) is 24.9. The largest absolute Gasteiger partial charge is 0.385 e. The standard InChI is InChI=1S/C24H27F2N3O3S/c1-15(2)16-5-8-18(9-6-16)27-24-29(11-4-12-32-3)23(31)21(33-24)14-22(30)28-20-10-7-17(25)13-19(20)26/h5-10,13,15,21H,4,11-12,14H2,1-3H3,(H,28,30). The van der Waals surface area contributed by atoms with Crippen molar-refractivity contribution in [3.05, 3.63) is 59.7 Å². The lowest BCUT2D eigenvalue weighted by Crippen LogP contribution is -2.34. The summed E-state index contributed by atoms with van der Waals surface area (Å²) in [6.45, 7) is 5.11. The molecule has 1 heterocycles. The van der Waals surface area contributed by atoms with Crippen molar-refractivity contribution in [3.8, 4) is 0 Å². The van der Waals surface area contributed by atoms with Gasteiger partial charge in [0.05, 0.1) is 11.4 Å². The molecule has 1 unspecified atom stereocenters. The van der Waals surface area contributed by atoms with Gasteiger partial charge in [0.25, 0.3) is 0 Å². The molecule has 3 rings (SSSR count). The number of rotatable bonds is 9. The quantitative estimate of drug-likeness (QED) is 0.513. The fourth-order valence-corrected chi connectivity index (χ4v) is 4.49. The van der Waals surface area contributed by atoms with Gasteiger partial charge >= 0.3 is 0 Å². The van der Waals surface area contributed by atoms with Gasteiger partial charge in [-0.05, 0) is 42.2 Å². The minimum Gasteiger partial charge on any atom is -0.385 e. The number of benzene rings is 2. The summed E-state index contributed by atoms with van der Waals surface area (Å²) in [5, 5.41) is 2.23. The second-order valence-electron chi connectivity index (χ2n) is 7.96. The van der Waals surface area contributed by atoms with Gasteiger partial charge in [-0.3, -0.25) is 14.5 Å². The van der Waals surface area contributed by atoms with Crippen LogP contribution in [0.3, 0.4) is 0 Å². The smallest absolute Gasteiger partial charge is 0.242 e. The highest BCUT2D eigenvalue weighted by Gasteiger charge is 2.39. The maximum Gasteiger partial charge on any atom is 0.242 e. The summed E-state index contributed by atoms with van der Waals surface area (Å²) in [6, 6.07) is 10.7. The van der Waals surface area contributed by atoms with Crippen LogP contribution in [-0.4, -0.2) is 47.4 Å². The maximum absolute atomic E-state index is 13.9. The number of amides is 2. The Bertz CT molecular complexity index is 1030. The Morgan fingerprint density at radius 3 is 2.58 bits per heavy atom. The van der Waals surface area contributed by atoms with E-state index in [-0.39, 0.29) is 18.0 Å². The van der Waals surface area contributed by atoms with Gasteiger partial charge in [0.2, 0.25) is 11.8 Å². The molecule has 33 heavy (non-hydrogen) atoms. The highest BCUT2D eigenvalue weighted by molar-refractivity contribution is 8.15. The summed E-state index contributed by atoms with van der Waals surface area (Å²) in [5.74, 6) is -1.98. The van der Waals surface area contributed by atoms with Crippen LogP contribution in [-0.2, 0) is 14.3 Å². The molecule has 1 N–H and O–H groups in total. The van der Waals surface area contributed by atoms with Crippen molar-refractivity contribution >= 4 is 40.1 Å². The number of thioether (sulfide) groups is 1. The van der Waals surface area contributed by atoms with E-state index >= 15 is 0 Å². The van der Waals surface area contributed by atoms with Crippen LogP contribution in [0.5, 0.6) is 0 Å². The van der Waals surface area contributed by atoms with Crippen molar-refractivity contribution in [1.29, 1.82) is 0 Å². The van der Waals surface area contributed by atoms with Gasteiger partial charge in [0.1, 0.15) is 16.9 Å². The van der Waals surface area contributed by atoms with E-state index in [4.69, 9.17) is 4.74 Å². The van der Waals surface area contributed by atoms with Crippen molar-refractivity contribution in [2.75, 3.05) is 25.6 Å². The van der Waals surface area contributed by atoms with E-state index in [1.807, 2.05) is 24.3 Å². The third-order valence-corrected chi connectivity index (χ3v) is 6.29. The fourth-order valence-electron chi connectivity index (χ4n) is 3.30. The van der Waals surface area contributed by atoms with Crippen molar-refractivity contribution in [3.63, 3.8) is 0 Å². The second-order valence-corrected chi connectivity index (χ2v) is 9.13. The molecule has 0 spiro atoms. The van der Waals surface area contributed by atoms with Gasteiger partial charge in [0.15, 0.2) is 5.17 Å². The predicted molar refractivity (Wildman–Crippen MR) is 127 cm³/mol. The molecule has 1 fully saturated rings. The highest BCUT2D eigenvalue weighted by Crippen LogP contribution is 2.32. The van der Waals surface area contributed by atoms with Gasteiger partial charge in [0, 0.05) is 32.7 Å². The Kier molecular flexibility index (Phi) is 8.57. The number of amidine groups is 1. The summed E-state index contributed by atoms with van der Waals surface area (Å²) in [7, 11) is 1.59. The van der Waals surface area contributed by atoms with Gasteiger partial charge < -0.3 is 10.1 Å². The Labute approximate surface area is 196 Å². The first-order valence-corrected chi connectivity index (χ1v) is 11.6. The number of carbonyl (C=O) groups is 2. The van der Waals surface area contributed by atoms with Crippen molar-refractivity contribution < 1.29 is 23.1 Å². The molecule has 1 atom stereocenters. The molecule has 2 aromatic carbocycles. The zero-order valence-electron chi connectivity index (χ0n) is 18.8. The second kappa shape index (κ2) is 11.4.